The molecule has 1 heterocycles. The Bertz CT molecular complexity index is 440. The van der Waals surface area contributed by atoms with Crippen LogP contribution in [0.15, 0.2) is 10.9 Å². The highest BCUT2D eigenvalue weighted by molar-refractivity contribution is 5.33. The van der Waals surface area contributed by atoms with Gasteiger partial charge in [0, 0.05) is 25.1 Å². The summed E-state index contributed by atoms with van der Waals surface area (Å²) in [4.78, 5) is 18.7. The molecule has 18 heavy (non-hydrogen) atoms. The molecule has 1 aromatic rings. The lowest BCUT2D eigenvalue weighted by molar-refractivity contribution is 0.229. The highest BCUT2D eigenvalue weighted by atomic mass is 16.3. The normalized spacial score (nSPS) is 16.6. The molecular formula is C13H21N3O2. The van der Waals surface area contributed by atoms with Gasteiger partial charge in [0.2, 0.25) is 0 Å². The Morgan fingerprint density at radius 2 is 2.39 bits per heavy atom. The molecule has 5 heteroatoms. The summed E-state index contributed by atoms with van der Waals surface area (Å²) < 4.78 is 0. The zero-order valence-corrected chi connectivity index (χ0v) is 10.8. The van der Waals surface area contributed by atoms with E-state index in [-0.39, 0.29) is 12.2 Å². The average molecular weight is 251 g/mol. The molecule has 1 saturated carbocycles. The Balaban J connectivity index is 1.83. The van der Waals surface area contributed by atoms with E-state index in [9.17, 15) is 4.79 Å². The van der Waals surface area contributed by atoms with Crippen LogP contribution in [0.4, 0.5) is 5.82 Å². The molecule has 1 aliphatic carbocycles. The van der Waals surface area contributed by atoms with Gasteiger partial charge < -0.3 is 15.4 Å². The van der Waals surface area contributed by atoms with E-state index in [1.165, 1.54) is 6.07 Å². The second-order valence-electron chi connectivity index (χ2n) is 5.15. The molecule has 1 unspecified atom stereocenters. The van der Waals surface area contributed by atoms with Gasteiger partial charge in [-0.15, -0.1) is 0 Å². The van der Waals surface area contributed by atoms with Gasteiger partial charge in [0.05, 0.1) is 0 Å². The van der Waals surface area contributed by atoms with Crippen LogP contribution in [-0.2, 0) is 0 Å². The van der Waals surface area contributed by atoms with Crippen LogP contribution in [0.2, 0.25) is 0 Å². The first-order valence-electron chi connectivity index (χ1n) is 6.65. The van der Waals surface area contributed by atoms with Crippen LogP contribution in [0.25, 0.3) is 0 Å². The van der Waals surface area contributed by atoms with Gasteiger partial charge >= 0.3 is 0 Å². The molecule has 5 nitrogen and oxygen atoms in total. The maximum absolute atomic E-state index is 11.5. The average Bonchev–Trinajstić information content (AvgIpc) is 3.17. The molecule has 0 amide bonds. The second-order valence-corrected chi connectivity index (χ2v) is 5.15. The van der Waals surface area contributed by atoms with Gasteiger partial charge in [0.15, 0.2) is 0 Å². The molecule has 100 valence electrons. The molecule has 0 saturated heterocycles. The van der Waals surface area contributed by atoms with Crippen LogP contribution in [-0.4, -0.2) is 28.2 Å². The summed E-state index contributed by atoms with van der Waals surface area (Å²) in [5, 5.41) is 12.1. The topological polar surface area (TPSA) is 78.0 Å². The summed E-state index contributed by atoms with van der Waals surface area (Å²) in [6.45, 7) is 3.04. The first kappa shape index (κ1) is 13.1. The van der Waals surface area contributed by atoms with Crippen molar-refractivity contribution in [3.05, 3.63) is 22.2 Å². The van der Waals surface area contributed by atoms with E-state index in [0.29, 0.717) is 17.7 Å². The van der Waals surface area contributed by atoms with Crippen molar-refractivity contribution in [2.45, 2.75) is 38.5 Å². The number of aromatic nitrogens is 2. The molecule has 1 aliphatic rings. The SMILES string of the molecule is CC(CO)CCCNc1cc(=O)[nH]c(C2CC2)n1. The van der Waals surface area contributed by atoms with Crippen molar-refractivity contribution in [2.75, 3.05) is 18.5 Å². The molecule has 3 N–H and O–H groups in total. The molecule has 1 aromatic heterocycles. The fourth-order valence-electron chi connectivity index (χ4n) is 1.88. The lowest BCUT2D eigenvalue weighted by Crippen LogP contribution is -2.14. The van der Waals surface area contributed by atoms with Crippen molar-refractivity contribution >= 4 is 5.82 Å². The summed E-state index contributed by atoms with van der Waals surface area (Å²) in [5.41, 5.74) is -0.0851. The largest absolute Gasteiger partial charge is 0.396 e. The number of hydrogen-bond donors (Lipinski definition) is 3. The van der Waals surface area contributed by atoms with E-state index in [0.717, 1.165) is 38.1 Å². The number of anilines is 1. The van der Waals surface area contributed by atoms with Gasteiger partial charge in [-0.3, -0.25) is 4.79 Å². The Labute approximate surface area is 107 Å². The molecule has 2 rings (SSSR count). The summed E-state index contributed by atoms with van der Waals surface area (Å²) >= 11 is 0. The minimum absolute atomic E-state index is 0.0851. The molecule has 0 spiro atoms. The monoisotopic (exact) mass is 251 g/mol. The number of H-pyrrole nitrogens is 1. The zero-order valence-electron chi connectivity index (χ0n) is 10.8. The smallest absolute Gasteiger partial charge is 0.252 e. The second kappa shape index (κ2) is 6.00. The van der Waals surface area contributed by atoms with Crippen LogP contribution in [0.3, 0.4) is 0 Å². The van der Waals surface area contributed by atoms with Crippen molar-refractivity contribution in [1.82, 2.24) is 9.97 Å². The Hall–Kier alpha value is -1.36. The molecule has 0 bridgehead atoms. The maximum atomic E-state index is 11.5. The number of nitrogens with zero attached hydrogens (tertiary/aromatic N) is 1. The molecule has 1 fully saturated rings. The number of hydrogen-bond acceptors (Lipinski definition) is 4. The molecule has 0 aliphatic heterocycles. The third kappa shape index (κ3) is 3.84. The minimum atomic E-state index is -0.0851. The molecular weight excluding hydrogens is 230 g/mol. The number of aromatic amines is 1. The van der Waals surface area contributed by atoms with Crippen LogP contribution in [0.1, 0.15) is 44.3 Å². The predicted octanol–water partition coefficient (Wildman–Crippen LogP) is 1.47. The van der Waals surface area contributed by atoms with E-state index < -0.39 is 0 Å². The third-order valence-electron chi connectivity index (χ3n) is 3.22. The highest BCUT2D eigenvalue weighted by Crippen LogP contribution is 2.37. The first-order valence-corrected chi connectivity index (χ1v) is 6.65. The van der Waals surface area contributed by atoms with Crippen LogP contribution in [0.5, 0.6) is 0 Å². The van der Waals surface area contributed by atoms with Crippen molar-refractivity contribution < 1.29 is 5.11 Å². The van der Waals surface area contributed by atoms with Crippen LogP contribution < -0.4 is 10.9 Å². The zero-order chi connectivity index (χ0) is 13.0. The van der Waals surface area contributed by atoms with Gasteiger partial charge in [-0.2, -0.15) is 0 Å². The maximum Gasteiger partial charge on any atom is 0.252 e. The van der Waals surface area contributed by atoms with Crippen molar-refractivity contribution in [3.8, 4) is 0 Å². The van der Waals surface area contributed by atoms with E-state index in [1.54, 1.807) is 0 Å². The summed E-state index contributed by atoms with van der Waals surface area (Å²) in [6, 6.07) is 1.50. The number of aliphatic hydroxyl groups is 1. The van der Waals surface area contributed by atoms with Gasteiger partial charge in [-0.25, -0.2) is 4.98 Å². The highest BCUT2D eigenvalue weighted by Gasteiger charge is 2.26. The van der Waals surface area contributed by atoms with E-state index >= 15 is 0 Å². The van der Waals surface area contributed by atoms with Crippen molar-refractivity contribution in [2.24, 2.45) is 5.92 Å². The fraction of sp³-hybridized carbons (Fsp3) is 0.692. The Morgan fingerprint density at radius 3 is 3.06 bits per heavy atom. The van der Waals surface area contributed by atoms with Crippen LogP contribution in [0, 0.1) is 5.92 Å². The van der Waals surface area contributed by atoms with Gasteiger partial charge in [-0.1, -0.05) is 6.92 Å². The summed E-state index contributed by atoms with van der Waals surface area (Å²) in [7, 11) is 0. The summed E-state index contributed by atoms with van der Waals surface area (Å²) in [6.07, 6.45) is 4.19. The predicted molar refractivity (Wildman–Crippen MR) is 70.8 cm³/mol. The quantitative estimate of drug-likeness (QED) is 0.641. The lowest BCUT2D eigenvalue weighted by Gasteiger charge is -2.09. The Kier molecular flexibility index (Phi) is 4.36. The fourth-order valence-corrected chi connectivity index (χ4v) is 1.88. The number of rotatable bonds is 7. The first-order chi connectivity index (χ1) is 8.69. The van der Waals surface area contributed by atoms with E-state index in [1.807, 2.05) is 6.92 Å². The standard InChI is InChI=1S/C13H21N3O2/c1-9(8-17)3-2-6-14-11-7-12(18)16-13(15-11)10-4-5-10/h7,9-10,17H,2-6,8H2,1H3,(H2,14,15,16,18). The van der Waals surface area contributed by atoms with E-state index in [4.69, 9.17) is 5.11 Å². The summed E-state index contributed by atoms with van der Waals surface area (Å²) in [5.74, 6) is 2.26. The van der Waals surface area contributed by atoms with Crippen molar-refractivity contribution in [1.29, 1.82) is 0 Å². The van der Waals surface area contributed by atoms with Crippen molar-refractivity contribution in [3.63, 3.8) is 0 Å². The number of aliphatic hydroxyl groups excluding tert-OH is 1. The lowest BCUT2D eigenvalue weighted by atomic mass is 10.1. The van der Waals surface area contributed by atoms with Gasteiger partial charge in [-0.05, 0) is 31.6 Å². The Morgan fingerprint density at radius 1 is 1.61 bits per heavy atom. The number of nitrogens with one attached hydrogen (secondary N) is 2. The molecule has 1 atom stereocenters. The van der Waals surface area contributed by atoms with E-state index in [2.05, 4.69) is 15.3 Å². The molecule has 0 aromatic carbocycles. The van der Waals surface area contributed by atoms with Gasteiger partial charge in [0.1, 0.15) is 11.6 Å². The minimum Gasteiger partial charge on any atom is -0.396 e. The van der Waals surface area contributed by atoms with Crippen LogP contribution >= 0.6 is 0 Å². The van der Waals surface area contributed by atoms with Gasteiger partial charge in [0.25, 0.3) is 5.56 Å². The third-order valence-corrected chi connectivity index (χ3v) is 3.22. The molecule has 0 radical (unpaired) electrons.